The zero-order valence-corrected chi connectivity index (χ0v) is 21.9. The van der Waals surface area contributed by atoms with Crippen molar-refractivity contribution in [2.75, 3.05) is 23.8 Å². The molecule has 182 valence electrons. The fourth-order valence-corrected chi connectivity index (χ4v) is 4.82. The van der Waals surface area contributed by atoms with Crippen molar-refractivity contribution in [1.82, 2.24) is 15.0 Å². The van der Waals surface area contributed by atoms with E-state index in [1.54, 1.807) is 77.1 Å². The molecular weight excluding hydrogens is 583 g/mol. The summed E-state index contributed by atoms with van der Waals surface area (Å²) in [5.41, 5.74) is 1.93. The minimum atomic E-state index is -2.97. The molecule has 0 spiro atoms. The number of aliphatic hydroxyl groups excluding tert-OH is 1. The molecule has 1 aromatic carbocycles. The predicted molar refractivity (Wildman–Crippen MR) is 142 cm³/mol. The minimum Gasteiger partial charge on any atom is -0.448 e. The maximum Gasteiger partial charge on any atom is 0.442 e. The van der Waals surface area contributed by atoms with Crippen molar-refractivity contribution >= 4 is 51.7 Å². The summed E-state index contributed by atoms with van der Waals surface area (Å²) in [6.07, 6.45) is 4.04. The Bertz CT molecular complexity index is 1350. The first-order valence-electron chi connectivity index (χ1n) is 10.5. The molecule has 0 aliphatic rings. The van der Waals surface area contributed by atoms with E-state index < -0.39 is 13.0 Å². The smallest absolute Gasteiger partial charge is 0.442 e. The summed E-state index contributed by atoms with van der Waals surface area (Å²) >= 11 is 1.64. The molecule has 3 aromatic rings. The lowest BCUT2D eigenvalue weighted by Gasteiger charge is -2.14. The van der Waals surface area contributed by atoms with Crippen molar-refractivity contribution < 1.29 is 18.8 Å². The number of benzene rings is 1. The Kier molecular flexibility index (Phi) is 9.35. The Morgan fingerprint density at radius 3 is 2.69 bits per heavy atom. The monoisotopic (exact) mass is 606 g/mol. The van der Waals surface area contributed by atoms with Gasteiger partial charge in [0.05, 0.1) is 51.1 Å². The number of aliphatic hydroxyl groups is 1. The number of aromatic nitrogens is 3. The molecule has 2 aromatic heterocycles. The van der Waals surface area contributed by atoms with E-state index in [0.29, 0.717) is 27.9 Å². The Labute approximate surface area is 215 Å². The van der Waals surface area contributed by atoms with Gasteiger partial charge in [0, 0.05) is 29.7 Å². The van der Waals surface area contributed by atoms with E-state index in [4.69, 9.17) is 4.74 Å². The van der Waals surface area contributed by atoms with E-state index in [1.807, 2.05) is 13.0 Å². The highest BCUT2D eigenvalue weighted by Crippen LogP contribution is 2.24. The molecule has 0 bridgehead atoms. The van der Waals surface area contributed by atoms with Crippen LogP contribution in [0.4, 0.5) is 22.2 Å². The van der Waals surface area contributed by atoms with Crippen LogP contribution in [0.1, 0.15) is 25.0 Å². The molecule has 1 unspecified atom stereocenters. The highest BCUT2D eigenvalue weighted by Gasteiger charge is 2.13. The molecule has 2 heterocycles. The van der Waals surface area contributed by atoms with Crippen LogP contribution in [-0.4, -0.2) is 49.6 Å². The summed E-state index contributed by atoms with van der Waals surface area (Å²) in [7, 11) is 0. The van der Waals surface area contributed by atoms with Crippen LogP contribution in [0.25, 0.3) is 0 Å². The fraction of sp³-hybridized carbons (Fsp3) is 0.217. The van der Waals surface area contributed by atoms with Gasteiger partial charge in [-0.15, -0.1) is 4.36 Å². The lowest BCUT2D eigenvalue weighted by atomic mass is 10.2. The van der Waals surface area contributed by atoms with Gasteiger partial charge in [-0.2, -0.15) is 4.98 Å². The van der Waals surface area contributed by atoms with Crippen LogP contribution in [0.2, 0.25) is 0 Å². The number of hydrogen-bond donors (Lipinski definition) is 3. The molecule has 12 heteroatoms. The molecule has 35 heavy (non-hydrogen) atoms. The lowest BCUT2D eigenvalue weighted by Crippen LogP contribution is -2.21. The van der Waals surface area contributed by atoms with Gasteiger partial charge in [0.2, 0.25) is 5.95 Å². The van der Waals surface area contributed by atoms with Gasteiger partial charge in [-0.3, -0.25) is 4.98 Å². The topological polar surface area (TPSA) is 139 Å². The van der Waals surface area contributed by atoms with Crippen LogP contribution < -0.4 is 10.6 Å². The van der Waals surface area contributed by atoms with E-state index in [1.165, 1.54) is 0 Å². The van der Waals surface area contributed by atoms with Gasteiger partial charge in [0.15, 0.2) is 0 Å². The van der Waals surface area contributed by atoms with Crippen molar-refractivity contribution in [2.24, 2.45) is 4.36 Å². The first kappa shape index (κ1) is 26.3. The highest BCUT2D eigenvalue weighted by molar-refractivity contribution is 14.2. The van der Waals surface area contributed by atoms with Gasteiger partial charge < -0.3 is 20.5 Å². The Morgan fingerprint density at radius 2 is 2.03 bits per heavy atom. The number of pyridine rings is 1. The summed E-state index contributed by atoms with van der Waals surface area (Å²) in [6, 6.07) is 9.94. The molecule has 0 saturated heterocycles. The zero-order chi connectivity index (χ0) is 25.3. The largest absolute Gasteiger partial charge is 0.448 e. The second-order valence-electron chi connectivity index (χ2n) is 7.07. The van der Waals surface area contributed by atoms with Crippen LogP contribution in [0.15, 0.2) is 64.2 Å². The number of anilines is 3. The van der Waals surface area contributed by atoms with E-state index in [2.05, 4.69) is 41.8 Å². The number of nitrogens with zero attached hydrogens (tertiary/aromatic N) is 4. The van der Waals surface area contributed by atoms with E-state index in [-0.39, 0.29) is 19.3 Å². The number of carbonyl (C=O) groups is 1. The van der Waals surface area contributed by atoms with Gasteiger partial charge in [0.25, 0.3) is 0 Å². The molecule has 1 amide bonds. The highest BCUT2D eigenvalue weighted by atomic mass is 127. The maximum atomic E-state index is 12.7. The summed E-state index contributed by atoms with van der Waals surface area (Å²) in [6.45, 7) is 0.557. The third-order valence-electron chi connectivity index (χ3n) is 4.31. The van der Waals surface area contributed by atoms with Gasteiger partial charge in [0.1, 0.15) is 12.7 Å². The number of ether oxygens (including phenoxy) is 1. The van der Waals surface area contributed by atoms with Gasteiger partial charge in [-0.05, 0) is 50.2 Å². The number of carbonyl (C=O) groups excluding carboxylic acids is 1. The van der Waals surface area contributed by atoms with Crippen molar-refractivity contribution in [3.63, 3.8) is 0 Å². The molecule has 0 aliphatic carbocycles. The first-order valence-corrected chi connectivity index (χ1v) is 14.5. The number of hydrogen-bond acceptors (Lipinski definition) is 9. The summed E-state index contributed by atoms with van der Waals surface area (Å²) in [4.78, 5) is 24.8. The fourth-order valence-electron chi connectivity index (χ4n) is 2.63. The predicted octanol–water partition coefficient (Wildman–Crippen LogP) is 4.14. The van der Waals surface area contributed by atoms with Crippen molar-refractivity contribution in [3.8, 4) is 11.8 Å². The minimum absolute atomic E-state index is 0.0872. The number of halogens is 1. The summed E-state index contributed by atoms with van der Waals surface area (Å²) in [5, 5.41) is 15.7. The van der Waals surface area contributed by atoms with E-state index in [9.17, 15) is 14.1 Å². The maximum absolute atomic E-state index is 12.7. The Hall–Kier alpha value is -3.28. The van der Waals surface area contributed by atoms with Crippen LogP contribution in [0.5, 0.6) is 0 Å². The summed E-state index contributed by atoms with van der Waals surface area (Å²) in [5.74, 6) is 6.80. The number of nitrogens with one attached hydrogen (secondary N) is 2. The average Bonchev–Trinajstić information content (AvgIpc) is 2.84. The Morgan fingerprint density at radius 1 is 1.26 bits per heavy atom. The third kappa shape index (κ3) is 7.88. The normalized spacial score (nSPS) is 12.9. The number of rotatable bonds is 7. The Balaban J connectivity index is 1.83. The quantitative estimate of drug-likeness (QED) is 0.206. The molecule has 3 N–H and O–H groups in total. The van der Waals surface area contributed by atoms with Gasteiger partial charge >= 0.3 is 6.09 Å². The van der Waals surface area contributed by atoms with Crippen molar-refractivity contribution in [1.29, 1.82) is 0 Å². The average molecular weight is 606 g/mol. The van der Waals surface area contributed by atoms with E-state index >= 15 is 0 Å². The van der Waals surface area contributed by atoms with Crippen LogP contribution in [0, 0.1) is 11.8 Å². The van der Waals surface area contributed by atoms with Crippen LogP contribution >= 0.6 is 21.2 Å². The molecule has 2 atom stereocenters. The SMILES string of the molecule is CCOC(=O)N=S(=O)(I)c1ccc(Nc2ncc(C#Cc3cccnc3)c(N[C@H](C)CO)n2)cc1. The van der Waals surface area contributed by atoms with E-state index in [0.717, 1.165) is 5.56 Å². The molecule has 10 nitrogen and oxygen atoms in total. The molecule has 3 rings (SSSR count). The lowest BCUT2D eigenvalue weighted by molar-refractivity contribution is 0.164. The molecule has 0 saturated carbocycles. The second kappa shape index (κ2) is 12.4. The summed E-state index contributed by atoms with van der Waals surface area (Å²) < 4.78 is 21.1. The third-order valence-corrected chi connectivity index (χ3v) is 7.66. The van der Waals surface area contributed by atoms with Crippen molar-refractivity contribution in [3.05, 3.63) is 66.1 Å². The standard InChI is InChI=1S/C23H23IN6O4S/c1-3-34-23(32)30-35(24,33)20-10-8-19(9-11-20)28-22-26-14-18(21(29-22)27-16(2)15-31)7-6-17-5-4-12-25-13-17/h4-5,8-14,16,31H,3,15H2,1-2H3,(H2,26,27,28,29)/t16-,35?/m1/s1. The van der Waals surface area contributed by atoms with Crippen LogP contribution in [0.3, 0.4) is 0 Å². The van der Waals surface area contributed by atoms with Gasteiger partial charge in [-0.1, -0.05) is 11.8 Å². The van der Waals surface area contributed by atoms with Gasteiger partial charge in [-0.25, -0.2) is 14.0 Å². The molecule has 0 fully saturated rings. The molecule has 0 radical (unpaired) electrons. The van der Waals surface area contributed by atoms with Crippen LogP contribution in [-0.2, 0) is 11.6 Å². The second-order valence-corrected chi connectivity index (χ2v) is 12.2. The molecule has 0 aliphatic heterocycles. The number of amides is 1. The first-order chi connectivity index (χ1) is 16.8. The molecular formula is C23H23IN6O4S. The van der Waals surface area contributed by atoms with Crippen molar-refractivity contribution in [2.45, 2.75) is 24.8 Å². The zero-order valence-electron chi connectivity index (χ0n) is 18.9.